The third-order valence-corrected chi connectivity index (χ3v) is 5.36. The van der Waals surface area contributed by atoms with E-state index < -0.39 is 23.8 Å². The van der Waals surface area contributed by atoms with Crippen molar-refractivity contribution in [2.24, 2.45) is 0 Å². The Morgan fingerprint density at radius 2 is 1.91 bits per heavy atom. The lowest BCUT2D eigenvalue weighted by Crippen LogP contribution is -2.54. The first-order valence-corrected chi connectivity index (χ1v) is 9.92. The average molecular weight is 447 g/mol. The fourth-order valence-electron chi connectivity index (χ4n) is 3.80. The van der Waals surface area contributed by atoms with Crippen molar-refractivity contribution >= 4 is 46.5 Å². The van der Waals surface area contributed by atoms with Gasteiger partial charge >= 0.3 is 12.0 Å². The van der Waals surface area contributed by atoms with Crippen molar-refractivity contribution in [1.82, 2.24) is 9.88 Å². The van der Waals surface area contributed by atoms with E-state index in [2.05, 4.69) is 5.32 Å². The maximum absolute atomic E-state index is 13.2. The third kappa shape index (κ3) is 3.47. The van der Waals surface area contributed by atoms with E-state index in [1.165, 1.54) is 25.3 Å². The highest BCUT2D eigenvalue weighted by atomic mass is 16.7. The minimum atomic E-state index is -0.867. The molecule has 0 saturated carbocycles. The van der Waals surface area contributed by atoms with Crippen LogP contribution in [0.3, 0.4) is 0 Å². The van der Waals surface area contributed by atoms with E-state index in [4.69, 9.17) is 14.2 Å². The number of amides is 4. The van der Waals surface area contributed by atoms with Gasteiger partial charge < -0.3 is 18.8 Å². The van der Waals surface area contributed by atoms with Gasteiger partial charge in [0.15, 0.2) is 11.5 Å². The van der Waals surface area contributed by atoms with Gasteiger partial charge in [-0.05, 0) is 24.3 Å². The quantitative estimate of drug-likeness (QED) is 0.370. The number of hydrogen-bond donors (Lipinski definition) is 1. The number of methoxy groups -OCH3 is 1. The summed E-state index contributed by atoms with van der Waals surface area (Å²) in [7, 11) is 1.30. The van der Waals surface area contributed by atoms with Gasteiger partial charge in [0, 0.05) is 28.7 Å². The predicted octanol–water partition coefficient (Wildman–Crippen LogP) is 2.21. The molecule has 1 N–H and O–H groups in total. The van der Waals surface area contributed by atoms with E-state index >= 15 is 0 Å². The van der Waals surface area contributed by atoms with Gasteiger partial charge in [0.25, 0.3) is 11.8 Å². The lowest BCUT2D eigenvalue weighted by Gasteiger charge is -2.26. The van der Waals surface area contributed by atoms with Crippen molar-refractivity contribution < 1.29 is 33.4 Å². The Hall–Kier alpha value is -4.60. The maximum atomic E-state index is 13.2. The standard InChI is InChI=1S/C23H17N3O7/c1-31-20(27)11-25-10-13(15-4-2-3-5-17(15)25)8-16-21(28)24-23(30)26(22(16)29)14-6-7-18-19(9-14)33-12-32-18/h2-10H,11-12H2,1H3,(H,24,28,30)/b16-8+. The molecule has 166 valence electrons. The van der Waals surface area contributed by atoms with Crippen LogP contribution in [0.1, 0.15) is 5.56 Å². The summed E-state index contributed by atoms with van der Waals surface area (Å²) in [5, 5.41) is 2.92. The second-order valence-electron chi connectivity index (χ2n) is 7.30. The molecule has 3 heterocycles. The van der Waals surface area contributed by atoms with E-state index in [0.717, 1.165) is 15.8 Å². The number of anilines is 1. The van der Waals surface area contributed by atoms with E-state index in [0.29, 0.717) is 17.1 Å². The maximum Gasteiger partial charge on any atom is 0.335 e. The van der Waals surface area contributed by atoms with Gasteiger partial charge in [0.2, 0.25) is 6.79 Å². The summed E-state index contributed by atoms with van der Waals surface area (Å²) < 4.78 is 17.0. The highest BCUT2D eigenvalue weighted by Gasteiger charge is 2.37. The normalized spacial score (nSPS) is 16.5. The van der Waals surface area contributed by atoms with Crippen LogP contribution in [0.15, 0.2) is 54.2 Å². The first-order chi connectivity index (χ1) is 16.0. The first kappa shape index (κ1) is 20.3. The number of urea groups is 1. The molecule has 1 fully saturated rings. The molecule has 0 aliphatic carbocycles. The van der Waals surface area contributed by atoms with Gasteiger partial charge in [0.05, 0.1) is 12.8 Å². The van der Waals surface area contributed by atoms with Crippen molar-refractivity contribution in [3.8, 4) is 11.5 Å². The van der Waals surface area contributed by atoms with Crippen LogP contribution in [0.2, 0.25) is 0 Å². The molecule has 3 aromatic rings. The molecule has 0 unspecified atom stereocenters. The Labute approximate surface area is 186 Å². The zero-order valence-corrected chi connectivity index (χ0v) is 17.4. The van der Waals surface area contributed by atoms with Crippen molar-refractivity contribution in [3.63, 3.8) is 0 Å². The molecule has 0 spiro atoms. The molecular weight excluding hydrogens is 430 g/mol. The summed E-state index contributed by atoms with van der Waals surface area (Å²) in [4.78, 5) is 51.0. The Bertz CT molecular complexity index is 1370. The Balaban J connectivity index is 1.56. The van der Waals surface area contributed by atoms with Gasteiger partial charge in [-0.15, -0.1) is 0 Å². The molecule has 10 heteroatoms. The number of para-hydroxylation sites is 1. The monoisotopic (exact) mass is 447 g/mol. The molecule has 5 rings (SSSR count). The molecule has 1 saturated heterocycles. The smallest absolute Gasteiger partial charge is 0.335 e. The van der Waals surface area contributed by atoms with Gasteiger partial charge in [0.1, 0.15) is 12.1 Å². The molecule has 0 radical (unpaired) electrons. The number of aromatic nitrogens is 1. The van der Waals surface area contributed by atoms with Crippen LogP contribution in [-0.4, -0.2) is 42.3 Å². The number of hydrogen-bond acceptors (Lipinski definition) is 7. The van der Waals surface area contributed by atoms with E-state index in [9.17, 15) is 19.2 Å². The van der Waals surface area contributed by atoms with E-state index in [-0.39, 0.29) is 24.6 Å². The Morgan fingerprint density at radius 1 is 1.12 bits per heavy atom. The second-order valence-corrected chi connectivity index (χ2v) is 7.30. The third-order valence-electron chi connectivity index (χ3n) is 5.36. The molecule has 4 amide bonds. The first-order valence-electron chi connectivity index (χ1n) is 9.92. The number of nitrogens with zero attached hydrogens (tertiary/aromatic N) is 2. The highest BCUT2D eigenvalue weighted by molar-refractivity contribution is 6.39. The van der Waals surface area contributed by atoms with Crippen molar-refractivity contribution in [2.45, 2.75) is 6.54 Å². The number of rotatable bonds is 4. The summed E-state index contributed by atoms with van der Waals surface area (Å²) in [6.07, 6.45) is 3.05. The molecule has 10 nitrogen and oxygen atoms in total. The molecule has 0 bridgehead atoms. The summed E-state index contributed by atoms with van der Waals surface area (Å²) in [5.74, 6) is -1.16. The average Bonchev–Trinajstić information content (AvgIpc) is 3.41. The molecule has 2 aromatic carbocycles. The number of esters is 1. The largest absolute Gasteiger partial charge is 0.468 e. The summed E-state index contributed by atoms with van der Waals surface area (Å²) >= 11 is 0. The summed E-state index contributed by atoms with van der Waals surface area (Å²) in [5.41, 5.74) is 1.26. The fraction of sp³-hybridized carbons (Fsp3) is 0.130. The number of imide groups is 2. The van der Waals surface area contributed by atoms with Gasteiger partial charge in [-0.1, -0.05) is 18.2 Å². The van der Waals surface area contributed by atoms with Crippen LogP contribution < -0.4 is 19.7 Å². The number of fused-ring (bicyclic) bond motifs is 2. The van der Waals surface area contributed by atoms with E-state index in [1.807, 2.05) is 18.2 Å². The SMILES string of the molecule is COC(=O)Cn1cc(/C=C2\C(=O)NC(=O)N(c3ccc4c(c3)OCO4)C2=O)c2ccccc21. The Kier molecular flexibility index (Phi) is 4.82. The zero-order valence-electron chi connectivity index (χ0n) is 17.4. The van der Waals surface area contributed by atoms with Crippen LogP contribution >= 0.6 is 0 Å². The minimum Gasteiger partial charge on any atom is -0.468 e. The molecule has 2 aliphatic heterocycles. The van der Waals surface area contributed by atoms with Crippen LogP contribution in [0, 0.1) is 0 Å². The van der Waals surface area contributed by atoms with Crippen LogP contribution in [0.25, 0.3) is 17.0 Å². The van der Waals surface area contributed by atoms with Crippen LogP contribution in [0.5, 0.6) is 11.5 Å². The number of carbonyl (C=O) groups is 4. The van der Waals surface area contributed by atoms with Gasteiger partial charge in [-0.3, -0.25) is 19.7 Å². The van der Waals surface area contributed by atoms with Crippen molar-refractivity contribution in [1.29, 1.82) is 0 Å². The van der Waals surface area contributed by atoms with Crippen molar-refractivity contribution in [2.75, 3.05) is 18.8 Å². The number of barbiturate groups is 1. The predicted molar refractivity (Wildman–Crippen MR) is 116 cm³/mol. The lowest BCUT2D eigenvalue weighted by molar-refractivity contribution is -0.141. The zero-order chi connectivity index (χ0) is 23.1. The number of benzene rings is 2. The van der Waals surface area contributed by atoms with E-state index in [1.54, 1.807) is 22.9 Å². The minimum absolute atomic E-state index is 0.0395. The number of nitrogens with one attached hydrogen (secondary N) is 1. The molecule has 1 aromatic heterocycles. The number of carbonyl (C=O) groups excluding carboxylic acids is 4. The van der Waals surface area contributed by atoms with Crippen LogP contribution in [0.4, 0.5) is 10.5 Å². The molecule has 33 heavy (non-hydrogen) atoms. The second kappa shape index (κ2) is 7.83. The van der Waals surface area contributed by atoms with Crippen LogP contribution in [-0.2, 0) is 25.7 Å². The molecule has 2 aliphatic rings. The van der Waals surface area contributed by atoms with Gasteiger partial charge in [-0.25, -0.2) is 9.69 Å². The van der Waals surface area contributed by atoms with Gasteiger partial charge in [-0.2, -0.15) is 0 Å². The molecule has 0 atom stereocenters. The fourth-order valence-corrected chi connectivity index (χ4v) is 3.80. The highest BCUT2D eigenvalue weighted by Crippen LogP contribution is 2.36. The number of ether oxygens (including phenoxy) is 3. The summed E-state index contributed by atoms with van der Waals surface area (Å²) in [6, 6.07) is 11.0. The topological polar surface area (TPSA) is 116 Å². The molecular formula is C23H17N3O7. The summed E-state index contributed by atoms with van der Waals surface area (Å²) in [6.45, 7) is 0.000340. The van der Waals surface area contributed by atoms with Crippen molar-refractivity contribution in [3.05, 3.63) is 59.8 Å². The Morgan fingerprint density at radius 3 is 2.73 bits per heavy atom. The lowest BCUT2D eigenvalue weighted by atomic mass is 10.1.